The van der Waals surface area contributed by atoms with Gasteiger partial charge in [-0.2, -0.15) is 0 Å². The molecule has 1 heterocycles. The van der Waals surface area contributed by atoms with Crippen molar-refractivity contribution in [1.82, 2.24) is 4.98 Å². The number of aromatic nitrogens is 1. The zero-order valence-electron chi connectivity index (χ0n) is 15.9. The van der Waals surface area contributed by atoms with Gasteiger partial charge in [-0.1, -0.05) is 29.3 Å². The largest absolute Gasteiger partial charge is 0.497 e. The fourth-order valence-electron chi connectivity index (χ4n) is 2.78. The van der Waals surface area contributed by atoms with Gasteiger partial charge in [-0.25, -0.2) is 4.98 Å². The zero-order valence-corrected chi connectivity index (χ0v) is 18.3. The van der Waals surface area contributed by atoms with Crippen molar-refractivity contribution in [2.24, 2.45) is 0 Å². The first-order valence-electron chi connectivity index (χ1n) is 8.84. The predicted octanol–water partition coefficient (Wildman–Crippen LogP) is 5.79. The molecular formula is C21H21BrN2O3S. The van der Waals surface area contributed by atoms with Gasteiger partial charge in [0.05, 0.1) is 19.9 Å². The third kappa shape index (κ3) is 4.54. The number of thiazole rings is 1. The van der Waals surface area contributed by atoms with Crippen molar-refractivity contribution in [2.45, 2.75) is 19.8 Å². The third-order valence-corrected chi connectivity index (χ3v) is 5.72. The summed E-state index contributed by atoms with van der Waals surface area (Å²) in [5, 5.41) is 3.48. The molecule has 3 rings (SSSR count). The average Bonchev–Trinajstić information content (AvgIpc) is 3.10. The Morgan fingerprint density at radius 3 is 2.54 bits per heavy atom. The Hall–Kier alpha value is -2.38. The average molecular weight is 461 g/mol. The van der Waals surface area contributed by atoms with E-state index in [0.717, 1.165) is 39.2 Å². The Kier molecular flexibility index (Phi) is 6.70. The van der Waals surface area contributed by atoms with E-state index in [1.165, 1.54) is 11.3 Å². The third-order valence-electron chi connectivity index (χ3n) is 4.16. The summed E-state index contributed by atoms with van der Waals surface area (Å²) in [7, 11) is 3.26. The van der Waals surface area contributed by atoms with Crippen LogP contribution in [0.25, 0.3) is 11.3 Å². The van der Waals surface area contributed by atoms with Crippen molar-refractivity contribution in [2.75, 3.05) is 19.5 Å². The molecule has 0 aliphatic heterocycles. The maximum Gasteiger partial charge on any atom is 0.257 e. The summed E-state index contributed by atoms with van der Waals surface area (Å²) in [4.78, 5) is 18.4. The number of amides is 1. The minimum absolute atomic E-state index is 0.187. The van der Waals surface area contributed by atoms with Gasteiger partial charge in [0, 0.05) is 20.5 Å². The highest BCUT2D eigenvalue weighted by molar-refractivity contribution is 9.10. The minimum atomic E-state index is -0.187. The smallest absolute Gasteiger partial charge is 0.257 e. The van der Waals surface area contributed by atoms with Crippen LogP contribution in [0, 0.1) is 0 Å². The maximum absolute atomic E-state index is 12.6. The van der Waals surface area contributed by atoms with Crippen LogP contribution in [-0.4, -0.2) is 25.1 Å². The summed E-state index contributed by atoms with van der Waals surface area (Å²) in [5.41, 5.74) is 2.25. The van der Waals surface area contributed by atoms with Crippen LogP contribution >= 0.6 is 27.3 Å². The zero-order chi connectivity index (χ0) is 20.1. The van der Waals surface area contributed by atoms with Gasteiger partial charge >= 0.3 is 0 Å². The Morgan fingerprint density at radius 2 is 1.89 bits per heavy atom. The number of ether oxygens (including phenoxy) is 2. The van der Waals surface area contributed by atoms with Crippen LogP contribution in [0.15, 0.2) is 46.9 Å². The normalized spacial score (nSPS) is 10.6. The van der Waals surface area contributed by atoms with Crippen molar-refractivity contribution >= 4 is 38.3 Å². The minimum Gasteiger partial charge on any atom is -0.497 e. The first kappa shape index (κ1) is 20.4. The fourth-order valence-corrected chi connectivity index (χ4v) is 4.12. The molecule has 28 heavy (non-hydrogen) atoms. The Balaban J connectivity index is 1.96. The first-order chi connectivity index (χ1) is 13.5. The van der Waals surface area contributed by atoms with Crippen LogP contribution in [0.5, 0.6) is 11.5 Å². The lowest BCUT2D eigenvalue weighted by atomic mass is 10.1. The molecular weight excluding hydrogens is 440 g/mol. The van der Waals surface area contributed by atoms with Crippen molar-refractivity contribution in [3.8, 4) is 22.8 Å². The van der Waals surface area contributed by atoms with Gasteiger partial charge in [0.2, 0.25) is 0 Å². The highest BCUT2D eigenvalue weighted by Gasteiger charge is 2.19. The Morgan fingerprint density at radius 1 is 1.14 bits per heavy atom. The number of carbonyl (C=O) groups excluding carboxylic acids is 1. The number of methoxy groups -OCH3 is 2. The number of benzene rings is 2. The van der Waals surface area contributed by atoms with Gasteiger partial charge in [0.1, 0.15) is 11.5 Å². The number of nitrogens with one attached hydrogen (secondary N) is 1. The molecule has 0 unspecified atom stereocenters. The van der Waals surface area contributed by atoms with Crippen LogP contribution in [0.2, 0.25) is 0 Å². The van der Waals surface area contributed by atoms with E-state index in [2.05, 4.69) is 28.2 Å². The number of aryl methyl sites for hydroxylation is 1. The van der Waals surface area contributed by atoms with E-state index >= 15 is 0 Å². The summed E-state index contributed by atoms with van der Waals surface area (Å²) in [5.74, 6) is 1.26. The summed E-state index contributed by atoms with van der Waals surface area (Å²) >= 11 is 4.87. The van der Waals surface area contributed by atoms with Gasteiger partial charge in [0.15, 0.2) is 5.13 Å². The van der Waals surface area contributed by atoms with E-state index in [1.807, 2.05) is 30.3 Å². The molecule has 0 fully saturated rings. The molecule has 0 aliphatic carbocycles. The molecule has 1 amide bonds. The maximum atomic E-state index is 12.6. The molecule has 0 saturated heterocycles. The number of nitrogens with zero attached hydrogens (tertiary/aromatic N) is 1. The standard InChI is InChI=1S/C21H21BrN2O3S/c1-4-5-18-19(16-12-15(26-2)10-11-17(16)27-3)23-21(28-18)24-20(25)13-6-8-14(22)9-7-13/h6-12H,4-5H2,1-3H3,(H,23,24,25). The van der Waals surface area contributed by atoms with Crippen LogP contribution in [0.1, 0.15) is 28.6 Å². The van der Waals surface area contributed by atoms with Crippen molar-refractivity contribution in [1.29, 1.82) is 0 Å². The molecule has 2 aromatic carbocycles. The fraction of sp³-hybridized carbons (Fsp3) is 0.238. The molecule has 0 aliphatic rings. The second-order valence-corrected chi connectivity index (χ2v) is 8.07. The number of halogens is 1. The molecule has 0 spiro atoms. The van der Waals surface area contributed by atoms with Gasteiger partial charge in [-0.15, -0.1) is 11.3 Å². The van der Waals surface area contributed by atoms with E-state index in [0.29, 0.717) is 16.4 Å². The molecule has 0 radical (unpaired) electrons. The van der Waals surface area contributed by atoms with Crippen molar-refractivity contribution < 1.29 is 14.3 Å². The number of rotatable bonds is 7. The molecule has 1 N–H and O–H groups in total. The first-order valence-corrected chi connectivity index (χ1v) is 10.5. The van der Waals surface area contributed by atoms with Gasteiger partial charge in [-0.05, 0) is 48.9 Å². The molecule has 3 aromatic rings. The van der Waals surface area contributed by atoms with E-state index < -0.39 is 0 Å². The van der Waals surface area contributed by atoms with E-state index in [1.54, 1.807) is 26.4 Å². The highest BCUT2D eigenvalue weighted by atomic mass is 79.9. The van der Waals surface area contributed by atoms with Gasteiger partial charge < -0.3 is 9.47 Å². The molecule has 0 bridgehead atoms. The Labute approximate surface area is 176 Å². The molecule has 146 valence electrons. The van der Waals surface area contributed by atoms with Crippen LogP contribution in [-0.2, 0) is 6.42 Å². The van der Waals surface area contributed by atoms with Gasteiger partial charge in [0.25, 0.3) is 5.91 Å². The lowest BCUT2D eigenvalue weighted by molar-refractivity contribution is 0.102. The predicted molar refractivity (Wildman–Crippen MR) is 117 cm³/mol. The topological polar surface area (TPSA) is 60.5 Å². The molecule has 0 saturated carbocycles. The lowest BCUT2D eigenvalue weighted by Crippen LogP contribution is -2.11. The summed E-state index contributed by atoms with van der Waals surface area (Å²) in [6.45, 7) is 2.12. The monoisotopic (exact) mass is 460 g/mol. The lowest BCUT2D eigenvalue weighted by Gasteiger charge is -2.10. The second kappa shape index (κ2) is 9.21. The van der Waals surface area contributed by atoms with Crippen molar-refractivity contribution in [3.63, 3.8) is 0 Å². The SMILES string of the molecule is CCCc1sc(NC(=O)c2ccc(Br)cc2)nc1-c1cc(OC)ccc1OC. The van der Waals surface area contributed by atoms with Gasteiger partial charge in [-0.3, -0.25) is 10.1 Å². The molecule has 7 heteroatoms. The summed E-state index contributed by atoms with van der Waals surface area (Å²) < 4.78 is 11.8. The number of hydrogen-bond donors (Lipinski definition) is 1. The molecule has 1 aromatic heterocycles. The Bertz CT molecular complexity index is 970. The van der Waals surface area contributed by atoms with Crippen LogP contribution in [0.3, 0.4) is 0 Å². The number of anilines is 1. The highest BCUT2D eigenvalue weighted by Crippen LogP contribution is 2.39. The molecule has 5 nitrogen and oxygen atoms in total. The summed E-state index contributed by atoms with van der Waals surface area (Å²) in [6.07, 6.45) is 1.84. The van der Waals surface area contributed by atoms with Crippen molar-refractivity contribution in [3.05, 3.63) is 57.4 Å². The van der Waals surface area contributed by atoms with Crippen LogP contribution < -0.4 is 14.8 Å². The second-order valence-electron chi connectivity index (χ2n) is 6.07. The van der Waals surface area contributed by atoms with E-state index in [9.17, 15) is 4.79 Å². The van der Waals surface area contributed by atoms with E-state index in [4.69, 9.17) is 14.5 Å². The number of hydrogen-bond acceptors (Lipinski definition) is 5. The summed E-state index contributed by atoms with van der Waals surface area (Å²) in [6, 6.07) is 12.8. The number of carbonyl (C=O) groups is 1. The molecule has 0 atom stereocenters. The quantitative estimate of drug-likeness (QED) is 0.484. The van der Waals surface area contributed by atoms with Crippen LogP contribution in [0.4, 0.5) is 5.13 Å². The van der Waals surface area contributed by atoms with E-state index in [-0.39, 0.29) is 5.91 Å².